The van der Waals surface area contributed by atoms with E-state index in [-0.39, 0.29) is 6.10 Å². The molecular weight excluding hydrogens is 250 g/mol. The van der Waals surface area contributed by atoms with Gasteiger partial charge in [0.05, 0.1) is 12.6 Å². The highest BCUT2D eigenvalue weighted by Crippen LogP contribution is 2.24. The summed E-state index contributed by atoms with van der Waals surface area (Å²) in [6, 6.07) is 11.0. The molecule has 1 aliphatic carbocycles. The molecule has 106 valence electrons. The van der Waals surface area contributed by atoms with Crippen LogP contribution < -0.4 is 0 Å². The Morgan fingerprint density at radius 1 is 1.30 bits per heavy atom. The molecule has 0 amide bonds. The Morgan fingerprint density at radius 3 is 2.60 bits per heavy atom. The maximum absolute atomic E-state index is 10.2. The maximum Gasteiger partial charge on any atom is 0.0862 e. The van der Waals surface area contributed by atoms with E-state index in [1.54, 1.807) is 10.9 Å². The lowest BCUT2D eigenvalue weighted by Gasteiger charge is -2.26. The molecule has 1 atom stereocenters. The number of hydrogen-bond donors (Lipinski definition) is 1. The summed E-state index contributed by atoms with van der Waals surface area (Å²) in [5, 5.41) is 14.3. The summed E-state index contributed by atoms with van der Waals surface area (Å²) in [4.78, 5) is 2.27. The van der Waals surface area contributed by atoms with Crippen LogP contribution in [0, 0.1) is 0 Å². The minimum Gasteiger partial charge on any atom is -0.390 e. The van der Waals surface area contributed by atoms with Gasteiger partial charge in [-0.05, 0) is 37.1 Å². The number of rotatable bonds is 5. The lowest BCUT2D eigenvalue weighted by molar-refractivity contribution is 0.0894. The van der Waals surface area contributed by atoms with E-state index >= 15 is 0 Å². The first-order valence-corrected chi connectivity index (χ1v) is 7.15. The van der Waals surface area contributed by atoms with Gasteiger partial charge in [0.15, 0.2) is 0 Å². The van der Waals surface area contributed by atoms with Crippen LogP contribution in [0.15, 0.2) is 42.7 Å². The third-order valence-electron chi connectivity index (χ3n) is 4.11. The number of aliphatic hydroxyl groups excluding tert-OH is 1. The molecule has 0 bridgehead atoms. The molecule has 0 aliphatic heterocycles. The summed E-state index contributed by atoms with van der Waals surface area (Å²) in [6.07, 6.45) is 5.41. The Labute approximate surface area is 119 Å². The lowest BCUT2D eigenvalue weighted by Crippen LogP contribution is -2.39. The zero-order valence-corrected chi connectivity index (χ0v) is 11.8. The summed E-state index contributed by atoms with van der Waals surface area (Å²) < 4.78 is 1.78. The van der Waals surface area contributed by atoms with Crippen LogP contribution in [-0.2, 0) is 19.4 Å². The number of nitrogens with zero attached hydrogens (tertiary/aromatic N) is 3. The summed E-state index contributed by atoms with van der Waals surface area (Å²) >= 11 is 0. The van der Waals surface area contributed by atoms with Crippen molar-refractivity contribution < 1.29 is 5.11 Å². The normalized spacial score (nSPS) is 16.6. The van der Waals surface area contributed by atoms with Gasteiger partial charge in [0, 0.05) is 25.0 Å². The SMILES string of the molecule is CN(CC(O)Cn1cccn1)C1Cc2ccccc2C1. The zero-order chi connectivity index (χ0) is 13.9. The molecule has 1 aromatic heterocycles. The molecule has 0 spiro atoms. The average Bonchev–Trinajstić information content (AvgIpc) is 3.06. The van der Waals surface area contributed by atoms with E-state index < -0.39 is 0 Å². The molecule has 1 aromatic carbocycles. The van der Waals surface area contributed by atoms with Crippen LogP contribution in [0.3, 0.4) is 0 Å². The van der Waals surface area contributed by atoms with Crippen molar-refractivity contribution in [3.05, 3.63) is 53.9 Å². The van der Waals surface area contributed by atoms with Gasteiger partial charge in [0.1, 0.15) is 0 Å². The predicted molar refractivity (Wildman–Crippen MR) is 78.5 cm³/mol. The Hall–Kier alpha value is -1.65. The largest absolute Gasteiger partial charge is 0.390 e. The summed E-state index contributed by atoms with van der Waals surface area (Å²) in [7, 11) is 2.10. The van der Waals surface area contributed by atoms with Crippen molar-refractivity contribution in [3.8, 4) is 0 Å². The molecule has 0 fully saturated rings. The number of hydrogen-bond acceptors (Lipinski definition) is 3. The molecule has 1 N–H and O–H groups in total. The Kier molecular flexibility index (Phi) is 3.85. The summed E-state index contributed by atoms with van der Waals surface area (Å²) in [6.45, 7) is 1.23. The monoisotopic (exact) mass is 271 g/mol. The predicted octanol–water partition coefficient (Wildman–Crippen LogP) is 1.34. The minimum absolute atomic E-state index is 0.386. The highest BCUT2D eigenvalue weighted by molar-refractivity contribution is 5.33. The second kappa shape index (κ2) is 5.77. The van der Waals surface area contributed by atoms with Gasteiger partial charge >= 0.3 is 0 Å². The number of aromatic nitrogens is 2. The van der Waals surface area contributed by atoms with Crippen molar-refractivity contribution in [1.29, 1.82) is 0 Å². The van der Waals surface area contributed by atoms with E-state index in [0.717, 1.165) is 12.8 Å². The first-order chi connectivity index (χ1) is 9.72. The fraction of sp³-hybridized carbons (Fsp3) is 0.438. The first kappa shape index (κ1) is 13.3. The van der Waals surface area contributed by atoms with Crippen LogP contribution >= 0.6 is 0 Å². The molecule has 2 aromatic rings. The molecule has 0 saturated heterocycles. The number of aliphatic hydroxyl groups is 1. The van der Waals surface area contributed by atoms with Gasteiger partial charge in [0.2, 0.25) is 0 Å². The van der Waals surface area contributed by atoms with Gasteiger partial charge in [-0.1, -0.05) is 24.3 Å². The molecular formula is C16H21N3O. The Morgan fingerprint density at radius 2 is 2.00 bits per heavy atom. The number of likely N-dealkylation sites (N-methyl/N-ethyl adjacent to an activating group) is 1. The van der Waals surface area contributed by atoms with Crippen LogP contribution in [0.5, 0.6) is 0 Å². The molecule has 20 heavy (non-hydrogen) atoms. The van der Waals surface area contributed by atoms with Gasteiger partial charge in [0.25, 0.3) is 0 Å². The highest BCUT2D eigenvalue weighted by Gasteiger charge is 2.25. The zero-order valence-electron chi connectivity index (χ0n) is 11.8. The fourth-order valence-corrected chi connectivity index (χ4v) is 3.01. The van der Waals surface area contributed by atoms with Gasteiger partial charge in [-0.15, -0.1) is 0 Å². The molecule has 1 aliphatic rings. The molecule has 1 heterocycles. The van der Waals surface area contributed by atoms with E-state index in [4.69, 9.17) is 0 Å². The van der Waals surface area contributed by atoms with Crippen LogP contribution in [0.1, 0.15) is 11.1 Å². The van der Waals surface area contributed by atoms with Crippen molar-refractivity contribution in [2.45, 2.75) is 31.5 Å². The molecule has 4 heteroatoms. The highest BCUT2D eigenvalue weighted by atomic mass is 16.3. The second-order valence-electron chi connectivity index (χ2n) is 5.65. The minimum atomic E-state index is -0.386. The van der Waals surface area contributed by atoms with E-state index in [0.29, 0.717) is 19.1 Å². The molecule has 0 radical (unpaired) electrons. The maximum atomic E-state index is 10.2. The Balaban J connectivity index is 1.54. The summed E-state index contributed by atoms with van der Waals surface area (Å²) in [5.74, 6) is 0. The lowest BCUT2D eigenvalue weighted by atomic mass is 10.1. The van der Waals surface area contributed by atoms with Gasteiger partial charge in [-0.3, -0.25) is 4.68 Å². The van der Waals surface area contributed by atoms with Gasteiger partial charge in [-0.2, -0.15) is 5.10 Å². The quantitative estimate of drug-likeness (QED) is 0.892. The van der Waals surface area contributed by atoms with Crippen LogP contribution in [0.25, 0.3) is 0 Å². The van der Waals surface area contributed by atoms with Crippen LogP contribution in [0.2, 0.25) is 0 Å². The number of benzene rings is 1. The molecule has 4 nitrogen and oxygen atoms in total. The van der Waals surface area contributed by atoms with Crippen LogP contribution in [0.4, 0.5) is 0 Å². The third kappa shape index (κ3) is 2.92. The first-order valence-electron chi connectivity index (χ1n) is 7.15. The van der Waals surface area contributed by atoms with Gasteiger partial charge in [-0.25, -0.2) is 0 Å². The summed E-state index contributed by atoms with van der Waals surface area (Å²) in [5.41, 5.74) is 2.90. The van der Waals surface area contributed by atoms with Crippen molar-refractivity contribution in [2.24, 2.45) is 0 Å². The average molecular weight is 271 g/mol. The Bertz CT molecular complexity index is 528. The molecule has 3 rings (SSSR count). The van der Waals surface area contributed by atoms with E-state index in [1.165, 1.54) is 11.1 Å². The molecule has 0 saturated carbocycles. The van der Waals surface area contributed by atoms with Crippen LogP contribution in [-0.4, -0.2) is 45.5 Å². The molecule has 1 unspecified atom stereocenters. The second-order valence-corrected chi connectivity index (χ2v) is 5.65. The van der Waals surface area contributed by atoms with E-state index in [9.17, 15) is 5.11 Å². The topological polar surface area (TPSA) is 41.3 Å². The van der Waals surface area contributed by atoms with E-state index in [1.807, 2.05) is 12.3 Å². The van der Waals surface area contributed by atoms with Crippen molar-refractivity contribution in [1.82, 2.24) is 14.7 Å². The van der Waals surface area contributed by atoms with Gasteiger partial charge < -0.3 is 10.0 Å². The number of fused-ring (bicyclic) bond motifs is 1. The van der Waals surface area contributed by atoms with E-state index in [2.05, 4.69) is 41.3 Å². The standard InChI is InChI=1S/C16H21N3O/c1-18(11-16(20)12-19-8-4-7-17-19)15-9-13-5-2-3-6-14(13)10-15/h2-8,15-16,20H,9-12H2,1H3. The van der Waals surface area contributed by atoms with Crippen molar-refractivity contribution >= 4 is 0 Å². The third-order valence-corrected chi connectivity index (χ3v) is 4.11. The van der Waals surface area contributed by atoms with Crippen molar-refractivity contribution in [3.63, 3.8) is 0 Å². The van der Waals surface area contributed by atoms with Crippen molar-refractivity contribution in [2.75, 3.05) is 13.6 Å². The smallest absolute Gasteiger partial charge is 0.0862 e. The fourth-order valence-electron chi connectivity index (χ4n) is 3.01.